The summed E-state index contributed by atoms with van der Waals surface area (Å²) in [4.78, 5) is 24.7. The molecule has 0 saturated heterocycles. The Labute approximate surface area is 120 Å². The van der Waals surface area contributed by atoms with E-state index in [2.05, 4.69) is 16.9 Å². The average Bonchev–Trinajstić information content (AvgIpc) is 2.50. The Kier molecular flexibility index (Phi) is 3.43. The fourth-order valence-corrected chi connectivity index (χ4v) is 3.02. The number of benzene rings is 1. The van der Waals surface area contributed by atoms with E-state index in [-0.39, 0.29) is 11.6 Å². The van der Waals surface area contributed by atoms with Crippen molar-refractivity contribution in [2.45, 2.75) is 32.6 Å². The Bertz CT molecular complexity index is 569. The molecule has 100 valence electrons. The number of carbonyl (C=O) groups is 1. The van der Waals surface area contributed by atoms with Gasteiger partial charge in [0, 0.05) is 0 Å². The van der Waals surface area contributed by atoms with Crippen LogP contribution in [0.25, 0.3) is 0 Å². The first-order chi connectivity index (χ1) is 8.80. The van der Waals surface area contributed by atoms with Crippen molar-refractivity contribution < 1.29 is 9.72 Å². The summed E-state index contributed by atoms with van der Waals surface area (Å²) in [7, 11) is 0. The number of nitro groups is 1. The molecule has 2 rings (SSSR count). The van der Waals surface area contributed by atoms with Crippen LogP contribution < -0.4 is 9.25 Å². The average molecular weight is 322 g/mol. The first kappa shape index (κ1) is 14.1. The van der Waals surface area contributed by atoms with Gasteiger partial charge in [-0.25, -0.2) is 0 Å². The standard InChI is InChI=1S/C13H15AsN2O3/c1-4-5-15-10-7-11(16(18)19)9(14)6-8(10)13(2,3)12(15)17/h6-7H,4-5H2,1-3H3. The molecule has 0 aromatic heterocycles. The van der Waals surface area contributed by atoms with E-state index in [0.717, 1.165) is 12.0 Å². The molecule has 0 bridgehead atoms. The van der Waals surface area contributed by atoms with Gasteiger partial charge in [-0.15, -0.1) is 0 Å². The van der Waals surface area contributed by atoms with Crippen molar-refractivity contribution in [3.8, 4) is 0 Å². The number of hydrogen-bond donors (Lipinski definition) is 0. The molecule has 1 aliphatic rings. The molecular formula is C13H15AsN2O3. The van der Waals surface area contributed by atoms with Crippen LogP contribution in [0.3, 0.4) is 0 Å². The quantitative estimate of drug-likeness (QED) is 0.480. The van der Waals surface area contributed by atoms with Gasteiger partial charge < -0.3 is 0 Å². The predicted octanol–water partition coefficient (Wildman–Crippen LogP) is 1.42. The zero-order valence-electron chi connectivity index (χ0n) is 11.1. The zero-order chi connectivity index (χ0) is 14.4. The zero-order valence-corrected chi connectivity index (χ0v) is 13.0. The molecule has 19 heavy (non-hydrogen) atoms. The van der Waals surface area contributed by atoms with Crippen LogP contribution >= 0.6 is 0 Å². The van der Waals surface area contributed by atoms with Crippen molar-refractivity contribution >= 4 is 38.5 Å². The summed E-state index contributed by atoms with van der Waals surface area (Å²) in [5.74, 6) is 0.0109. The molecule has 0 N–H and O–H groups in total. The summed E-state index contributed by atoms with van der Waals surface area (Å²) < 4.78 is 0.537. The fourth-order valence-electron chi connectivity index (χ4n) is 2.44. The van der Waals surface area contributed by atoms with E-state index < -0.39 is 10.3 Å². The van der Waals surface area contributed by atoms with Crippen molar-refractivity contribution in [2.75, 3.05) is 11.4 Å². The first-order valence-corrected chi connectivity index (χ1v) is 7.08. The number of anilines is 1. The SMILES string of the molecule is CCCN1C(=O)C(C)(C)c2cc([As])c([N+](=O)[O-])cc21. The monoisotopic (exact) mass is 322 g/mol. The van der Waals surface area contributed by atoms with Gasteiger partial charge in [-0.3, -0.25) is 0 Å². The molecule has 1 aromatic rings. The van der Waals surface area contributed by atoms with Gasteiger partial charge in [0.05, 0.1) is 0 Å². The number of carbonyl (C=O) groups excluding carboxylic acids is 1. The third-order valence-electron chi connectivity index (χ3n) is 3.48. The Balaban J connectivity index is 2.66. The van der Waals surface area contributed by atoms with E-state index >= 15 is 0 Å². The second-order valence-corrected chi connectivity index (χ2v) is 6.21. The second kappa shape index (κ2) is 4.64. The number of fused-ring (bicyclic) bond motifs is 1. The minimum atomic E-state index is -0.617. The molecule has 0 saturated carbocycles. The number of hydrogen-bond acceptors (Lipinski definition) is 3. The van der Waals surface area contributed by atoms with Crippen molar-refractivity contribution in [1.82, 2.24) is 0 Å². The summed E-state index contributed by atoms with van der Waals surface area (Å²) in [5.41, 5.74) is 0.977. The van der Waals surface area contributed by atoms with Gasteiger partial charge in [-0.2, -0.15) is 0 Å². The first-order valence-electron chi connectivity index (χ1n) is 6.14. The van der Waals surface area contributed by atoms with E-state index in [9.17, 15) is 14.9 Å². The minimum absolute atomic E-state index is 0.0109. The van der Waals surface area contributed by atoms with Crippen molar-refractivity contribution in [3.05, 3.63) is 27.8 Å². The Morgan fingerprint density at radius 2 is 2.05 bits per heavy atom. The molecular weight excluding hydrogens is 307 g/mol. The van der Waals surface area contributed by atoms with Crippen molar-refractivity contribution in [3.63, 3.8) is 0 Å². The van der Waals surface area contributed by atoms with Gasteiger partial charge in [-0.1, -0.05) is 0 Å². The predicted molar refractivity (Wildman–Crippen MR) is 74.2 cm³/mol. The van der Waals surface area contributed by atoms with Gasteiger partial charge in [0.2, 0.25) is 0 Å². The molecule has 0 unspecified atom stereocenters. The summed E-state index contributed by atoms with van der Waals surface area (Å²) in [6.07, 6.45) is 0.818. The summed E-state index contributed by atoms with van der Waals surface area (Å²) in [6, 6.07) is 3.27. The summed E-state index contributed by atoms with van der Waals surface area (Å²) >= 11 is 2.21. The number of amides is 1. The summed E-state index contributed by atoms with van der Waals surface area (Å²) in [6.45, 7) is 6.30. The number of nitro benzene ring substituents is 1. The Morgan fingerprint density at radius 1 is 1.42 bits per heavy atom. The van der Waals surface area contributed by atoms with E-state index in [1.54, 1.807) is 11.0 Å². The molecule has 1 aliphatic heterocycles. The fraction of sp³-hybridized carbons (Fsp3) is 0.462. The molecule has 0 atom stereocenters. The van der Waals surface area contributed by atoms with Crippen LogP contribution in [0.4, 0.5) is 11.4 Å². The van der Waals surface area contributed by atoms with E-state index in [0.29, 0.717) is 16.6 Å². The molecule has 1 amide bonds. The van der Waals surface area contributed by atoms with Crippen LogP contribution in [0, 0.1) is 10.1 Å². The Morgan fingerprint density at radius 3 is 2.58 bits per heavy atom. The van der Waals surface area contributed by atoms with Crippen LogP contribution in [0.5, 0.6) is 0 Å². The molecule has 0 aliphatic carbocycles. The van der Waals surface area contributed by atoms with Gasteiger partial charge in [-0.05, 0) is 0 Å². The molecule has 1 aromatic carbocycles. The normalized spacial score (nSPS) is 16.6. The van der Waals surface area contributed by atoms with Crippen LogP contribution in [-0.4, -0.2) is 34.2 Å². The second-order valence-electron chi connectivity index (χ2n) is 5.20. The third kappa shape index (κ3) is 2.06. The van der Waals surface area contributed by atoms with Gasteiger partial charge in [0.25, 0.3) is 0 Å². The van der Waals surface area contributed by atoms with Crippen LogP contribution in [0.15, 0.2) is 12.1 Å². The molecule has 1 heterocycles. The molecule has 5 nitrogen and oxygen atoms in total. The van der Waals surface area contributed by atoms with Crippen molar-refractivity contribution in [2.24, 2.45) is 0 Å². The van der Waals surface area contributed by atoms with Crippen LogP contribution in [-0.2, 0) is 10.2 Å². The molecule has 0 spiro atoms. The van der Waals surface area contributed by atoms with Crippen LogP contribution in [0.2, 0.25) is 0 Å². The molecule has 6 heteroatoms. The van der Waals surface area contributed by atoms with Crippen LogP contribution in [0.1, 0.15) is 32.8 Å². The molecule has 0 fully saturated rings. The van der Waals surface area contributed by atoms with Gasteiger partial charge >= 0.3 is 120 Å². The number of nitrogens with zero attached hydrogens (tertiary/aromatic N) is 2. The van der Waals surface area contributed by atoms with E-state index in [1.165, 1.54) is 6.07 Å². The topological polar surface area (TPSA) is 63.5 Å². The van der Waals surface area contributed by atoms with Gasteiger partial charge in [0.1, 0.15) is 0 Å². The van der Waals surface area contributed by atoms with Crippen molar-refractivity contribution in [1.29, 1.82) is 0 Å². The third-order valence-corrected chi connectivity index (χ3v) is 4.23. The van der Waals surface area contributed by atoms with E-state index in [1.807, 2.05) is 20.8 Å². The Hall–Kier alpha value is -1.35. The summed E-state index contributed by atoms with van der Waals surface area (Å²) in [5, 5.41) is 11.0. The number of rotatable bonds is 3. The van der Waals surface area contributed by atoms with E-state index in [4.69, 9.17) is 0 Å². The molecule has 2 radical (unpaired) electrons. The maximum atomic E-state index is 12.4. The van der Waals surface area contributed by atoms with Gasteiger partial charge in [0.15, 0.2) is 0 Å². The maximum absolute atomic E-state index is 12.4.